The molecule has 47 heavy (non-hydrogen) atoms. The summed E-state index contributed by atoms with van der Waals surface area (Å²) in [6.07, 6.45) is 8.12. The molecule has 3 nitrogen and oxygen atoms in total. The topological polar surface area (TPSA) is 21.7 Å². The van der Waals surface area contributed by atoms with Crippen molar-refractivity contribution in [3.8, 4) is 22.6 Å². The maximum atomic E-state index is 7.61. The summed E-state index contributed by atoms with van der Waals surface area (Å²) in [5.41, 5.74) is 9.62. The first-order valence-corrected chi connectivity index (χ1v) is 17.7. The molecule has 0 aromatic heterocycles. The highest BCUT2D eigenvalue weighted by Crippen LogP contribution is 2.67. The zero-order valence-electron chi connectivity index (χ0n) is 28.2. The molecule has 238 valence electrons. The van der Waals surface area contributed by atoms with Crippen molar-refractivity contribution in [3.05, 3.63) is 131 Å². The maximum Gasteiger partial charge on any atom is 0.178 e. The fourth-order valence-corrected chi connectivity index (χ4v) is 10.2. The van der Waals surface area contributed by atoms with Crippen LogP contribution in [0.25, 0.3) is 28.0 Å². The smallest absolute Gasteiger partial charge is 0.178 e. The Morgan fingerprint density at radius 2 is 1.40 bits per heavy atom. The lowest BCUT2D eigenvalue weighted by Crippen LogP contribution is -2.44. The summed E-state index contributed by atoms with van der Waals surface area (Å²) in [7, 11) is 3.82. The Labute approximate surface area is 293 Å². The minimum atomic E-state index is -0.801. The van der Waals surface area contributed by atoms with E-state index in [9.17, 15) is 0 Å². The number of anilines is 1. The molecule has 1 saturated carbocycles. The molecule has 1 fully saturated rings. The minimum Gasteiger partial charge on any atom is -0.497 e. The van der Waals surface area contributed by atoms with E-state index in [-0.39, 0.29) is 16.2 Å². The number of hydrogen-bond acceptors (Lipinski definition) is 3. The number of ether oxygens (including phenoxy) is 2. The molecule has 1 heterocycles. The van der Waals surface area contributed by atoms with Gasteiger partial charge in [0.05, 0.1) is 30.0 Å². The molecule has 5 aromatic carbocycles. The lowest BCUT2D eigenvalue weighted by molar-refractivity contribution is 0.0642. The number of nitrogens with zero attached hydrogens (tertiary/aromatic N) is 1. The summed E-state index contributed by atoms with van der Waals surface area (Å²) < 4.78 is 15.6. The second-order valence-electron chi connectivity index (χ2n) is 15.5. The van der Waals surface area contributed by atoms with Crippen molar-refractivity contribution >= 4 is 45.4 Å². The van der Waals surface area contributed by atoms with Gasteiger partial charge in [-0.2, -0.15) is 0 Å². The van der Waals surface area contributed by atoms with Gasteiger partial charge in [-0.25, -0.2) is 0 Å². The molecule has 4 heteroatoms. The Hall–Kier alpha value is -3.77. The van der Waals surface area contributed by atoms with Crippen LogP contribution in [0.1, 0.15) is 74.8 Å². The first kappa shape index (κ1) is 30.6. The van der Waals surface area contributed by atoms with Crippen molar-refractivity contribution in [3.63, 3.8) is 0 Å². The van der Waals surface area contributed by atoms with Gasteiger partial charge in [-0.15, -0.1) is 0 Å². The van der Waals surface area contributed by atoms with Gasteiger partial charge < -0.3 is 12.6 Å². The standard InChI is InChI=1S/C43H42INO2/c1-40(2)25-41(3,4)27-42(26-40)36-15-11-10-14-33(36)37-32-21-20-31(46-6)24-35(32)39-34(38(37)42)22-23-43(47-39,28-12-8-7-9-13-28)29-16-18-30(19-17-29)45(5)44/h7-24H,25-27H2,1-6H3. The molecule has 0 saturated heterocycles. The second-order valence-corrected chi connectivity index (χ2v) is 16.9. The summed E-state index contributed by atoms with van der Waals surface area (Å²) in [4.78, 5) is 0. The number of fused-ring (bicyclic) bond motifs is 10. The van der Waals surface area contributed by atoms with Crippen LogP contribution in [-0.2, 0) is 11.0 Å². The molecule has 0 amide bonds. The van der Waals surface area contributed by atoms with Crippen molar-refractivity contribution in [2.75, 3.05) is 17.3 Å². The highest BCUT2D eigenvalue weighted by molar-refractivity contribution is 14.1. The second kappa shape index (κ2) is 10.6. The normalized spacial score (nSPS) is 21.1. The van der Waals surface area contributed by atoms with Crippen LogP contribution >= 0.6 is 22.9 Å². The number of halogens is 1. The predicted molar refractivity (Wildman–Crippen MR) is 204 cm³/mol. The number of rotatable bonds is 4. The summed E-state index contributed by atoms with van der Waals surface area (Å²) in [5, 5.41) is 2.32. The molecule has 3 aliphatic rings. The van der Waals surface area contributed by atoms with Crippen LogP contribution in [0.2, 0.25) is 0 Å². The van der Waals surface area contributed by atoms with Crippen LogP contribution in [0.15, 0.2) is 103 Å². The van der Waals surface area contributed by atoms with Gasteiger partial charge in [-0.05, 0) is 94.1 Å². The SMILES string of the molecule is COc1ccc2c3c(c4c(c2c1)OC(c1ccccc1)(c1ccc(N(C)I)cc1)C=C4)C1(CC(C)(C)CC(C)(C)C1)c1ccccc1-3. The van der Waals surface area contributed by atoms with Gasteiger partial charge in [-0.3, -0.25) is 0 Å². The van der Waals surface area contributed by atoms with Gasteiger partial charge >= 0.3 is 0 Å². The average molecular weight is 732 g/mol. The Morgan fingerprint density at radius 3 is 2.09 bits per heavy atom. The molecular weight excluding hydrogens is 689 g/mol. The number of benzene rings is 5. The lowest BCUT2D eigenvalue weighted by atomic mass is 9.52. The molecule has 1 spiro atoms. The lowest BCUT2D eigenvalue weighted by Gasteiger charge is -2.52. The van der Waals surface area contributed by atoms with E-state index in [2.05, 4.69) is 170 Å². The van der Waals surface area contributed by atoms with Crippen molar-refractivity contribution in [2.24, 2.45) is 10.8 Å². The summed E-state index contributed by atoms with van der Waals surface area (Å²) in [6, 6.07) is 35.2. The zero-order valence-corrected chi connectivity index (χ0v) is 30.3. The molecule has 5 aromatic rings. The fraction of sp³-hybridized carbons (Fsp3) is 0.302. The van der Waals surface area contributed by atoms with Gasteiger partial charge in [0.15, 0.2) is 5.60 Å². The quantitative estimate of drug-likeness (QED) is 0.136. The van der Waals surface area contributed by atoms with Crippen molar-refractivity contribution < 1.29 is 9.47 Å². The predicted octanol–water partition coefficient (Wildman–Crippen LogP) is 11.5. The molecule has 8 rings (SSSR count). The van der Waals surface area contributed by atoms with E-state index in [0.29, 0.717) is 0 Å². The largest absolute Gasteiger partial charge is 0.497 e. The van der Waals surface area contributed by atoms with Crippen LogP contribution in [0.4, 0.5) is 5.69 Å². The first-order valence-electron chi connectivity index (χ1n) is 16.7. The van der Waals surface area contributed by atoms with E-state index in [1.807, 2.05) is 0 Å². The van der Waals surface area contributed by atoms with Crippen LogP contribution in [0, 0.1) is 10.8 Å². The van der Waals surface area contributed by atoms with Crippen LogP contribution in [-0.4, -0.2) is 14.2 Å². The van der Waals surface area contributed by atoms with Gasteiger partial charge in [0.2, 0.25) is 0 Å². The van der Waals surface area contributed by atoms with Gasteiger partial charge in [0.25, 0.3) is 0 Å². The Bertz CT molecular complexity index is 2040. The van der Waals surface area contributed by atoms with Crippen molar-refractivity contribution in [2.45, 2.75) is 58.0 Å². The van der Waals surface area contributed by atoms with E-state index in [0.717, 1.165) is 46.5 Å². The molecule has 1 unspecified atom stereocenters. The van der Waals surface area contributed by atoms with E-state index in [1.54, 1.807) is 7.11 Å². The van der Waals surface area contributed by atoms with E-state index in [4.69, 9.17) is 9.47 Å². The summed E-state index contributed by atoms with van der Waals surface area (Å²) in [5.74, 6) is 1.77. The van der Waals surface area contributed by atoms with Gasteiger partial charge in [0.1, 0.15) is 11.5 Å². The van der Waals surface area contributed by atoms with Gasteiger partial charge in [-0.1, -0.05) is 101 Å². The van der Waals surface area contributed by atoms with Crippen LogP contribution in [0.3, 0.4) is 0 Å². The highest BCUT2D eigenvalue weighted by atomic mass is 127. The van der Waals surface area contributed by atoms with E-state index < -0.39 is 5.60 Å². The maximum absolute atomic E-state index is 7.61. The molecule has 0 radical (unpaired) electrons. The third kappa shape index (κ3) is 4.65. The van der Waals surface area contributed by atoms with E-state index >= 15 is 0 Å². The Morgan fingerprint density at radius 1 is 0.745 bits per heavy atom. The van der Waals surface area contributed by atoms with Crippen LogP contribution < -0.4 is 12.6 Å². The minimum absolute atomic E-state index is 0.123. The zero-order chi connectivity index (χ0) is 32.8. The van der Waals surface area contributed by atoms with Crippen molar-refractivity contribution in [1.82, 2.24) is 0 Å². The number of methoxy groups -OCH3 is 1. The van der Waals surface area contributed by atoms with E-state index in [1.165, 1.54) is 39.6 Å². The molecule has 2 aliphatic carbocycles. The summed E-state index contributed by atoms with van der Waals surface area (Å²) >= 11 is 2.32. The molecule has 0 bridgehead atoms. The fourth-order valence-electron chi connectivity index (χ4n) is 9.84. The monoisotopic (exact) mass is 731 g/mol. The molecule has 0 N–H and O–H groups in total. The molecular formula is C43H42INO2. The molecule has 1 atom stereocenters. The Kier molecular flexibility index (Phi) is 6.90. The first-order chi connectivity index (χ1) is 22.5. The highest BCUT2D eigenvalue weighted by Gasteiger charge is 2.55. The third-order valence-electron chi connectivity index (χ3n) is 10.8. The third-order valence-corrected chi connectivity index (χ3v) is 11.4. The number of hydrogen-bond donors (Lipinski definition) is 0. The van der Waals surface area contributed by atoms with Gasteiger partial charge in [0, 0.05) is 40.2 Å². The van der Waals surface area contributed by atoms with Crippen LogP contribution in [0.5, 0.6) is 11.5 Å². The average Bonchev–Trinajstić information content (AvgIpc) is 3.32. The summed E-state index contributed by atoms with van der Waals surface area (Å²) in [6.45, 7) is 9.88. The van der Waals surface area contributed by atoms with Crippen molar-refractivity contribution in [1.29, 1.82) is 0 Å². The molecule has 1 aliphatic heterocycles. The Balaban J connectivity index is 1.47.